The van der Waals surface area contributed by atoms with Crippen LogP contribution in [0.25, 0.3) is 10.8 Å². The number of carbonyl (C=O) groups is 10. The Balaban J connectivity index is 1.28. The molecule has 3 aromatic carbocycles. The topological polar surface area (TPSA) is 452 Å². The molecule has 0 radical (unpaired) electrons. The number of aliphatic carboxylic acids is 1. The van der Waals surface area contributed by atoms with Crippen LogP contribution in [0.4, 0.5) is 0 Å². The molecule has 19 N–H and O–H groups in total. The van der Waals surface area contributed by atoms with Gasteiger partial charge in [-0.1, -0.05) is 68.4 Å². The minimum absolute atomic E-state index is 0.000939. The highest BCUT2D eigenvalue weighted by Crippen LogP contribution is 2.23. The zero-order valence-corrected chi connectivity index (χ0v) is 47.3. The van der Waals surface area contributed by atoms with Gasteiger partial charge in [0.05, 0.1) is 13.1 Å². The van der Waals surface area contributed by atoms with Crippen LogP contribution in [0.2, 0.25) is 0 Å². The number of rotatable bonds is 31. The maximum Gasteiger partial charge on any atom is 0.326 e. The maximum atomic E-state index is 14.3. The van der Waals surface area contributed by atoms with E-state index in [0.717, 1.165) is 10.8 Å². The fourth-order valence-corrected chi connectivity index (χ4v) is 9.92. The summed E-state index contributed by atoms with van der Waals surface area (Å²) in [5.41, 5.74) is 17.5. The van der Waals surface area contributed by atoms with E-state index in [1.807, 2.05) is 42.5 Å². The fourth-order valence-electron chi connectivity index (χ4n) is 9.92. The average molecular weight is 1170 g/mol. The van der Waals surface area contributed by atoms with Crippen molar-refractivity contribution in [2.24, 2.45) is 23.1 Å². The van der Waals surface area contributed by atoms with E-state index in [1.54, 1.807) is 13.8 Å². The minimum Gasteiger partial charge on any atom is -0.508 e. The van der Waals surface area contributed by atoms with Gasteiger partial charge in [0.1, 0.15) is 48.0 Å². The van der Waals surface area contributed by atoms with Crippen molar-refractivity contribution in [1.29, 1.82) is 10.8 Å². The number of benzene rings is 3. The van der Waals surface area contributed by atoms with Gasteiger partial charge in [0.2, 0.25) is 53.2 Å². The summed E-state index contributed by atoms with van der Waals surface area (Å²) >= 11 is 0. The highest BCUT2D eigenvalue weighted by molar-refractivity contribution is 5.97. The Morgan fingerprint density at radius 2 is 1.17 bits per heavy atom. The molecule has 456 valence electrons. The van der Waals surface area contributed by atoms with Crippen LogP contribution < -0.4 is 65.1 Å². The molecular formula is C56H80N16O12. The lowest BCUT2D eigenvalue weighted by Gasteiger charge is -2.29. The summed E-state index contributed by atoms with van der Waals surface area (Å²) in [6.45, 7) is 2.93. The molecule has 2 aliphatic rings. The maximum absolute atomic E-state index is 14.3. The van der Waals surface area contributed by atoms with Crippen molar-refractivity contribution < 1.29 is 58.2 Å². The van der Waals surface area contributed by atoms with E-state index in [0.29, 0.717) is 24.0 Å². The Kier molecular flexibility index (Phi) is 25.5. The summed E-state index contributed by atoms with van der Waals surface area (Å²) in [5, 5.41) is 60.8. The van der Waals surface area contributed by atoms with Crippen molar-refractivity contribution >= 4 is 81.8 Å². The molecule has 0 aromatic heterocycles. The Labute approximate surface area is 486 Å². The van der Waals surface area contributed by atoms with E-state index in [9.17, 15) is 58.2 Å². The van der Waals surface area contributed by atoms with Gasteiger partial charge in [-0.2, -0.15) is 0 Å². The number of nitrogens with zero attached hydrogens (tertiary/aromatic N) is 2. The minimum atomic E-state index is -1.35. The SMILES string of the molecule is CC(C)[C@@H](NC(=O)[C@H](CCCNC(=N)N)NC(=O)[C@@H](Cc1ccc(O)cc1)NC(=O)[C@@H]1CCCN1C(=O)CNC(=O)CN)C(=O)NCCC(=O)N[C@@H](CCCNC(=N)N)C(=O)N[C@@H](Cc1ccc2ccccc2c1)C(=O)N1CCC[C@H]1C(=O)O. The number of carbonyl (C=O) groups excluding carboxylic acids is 9. The van der Waals surface area contributed by atoms with Crippen LogP contribution in [0.1, 0.15) is 82.8 Å². The molecule has 2 saturated heterocycles. The molecule has 0 saturated carbocycles. The predicted octanol–water partition coefficient (Wildman–Crippen LogP) is -2.42. The van der Waals surface area contributed by atoms with Crippen molar-refractivity contribution in [2.45, 2.75) is 127 Å². The van der Waals surface area contributed by atoms with E-state index in [1.165, 1.54) is 34.1 Å². The number of likely N-dealkylation sites (tertiary alicyclic amines) is 2. The predicted molar refractivity (Wildman–Crippen MR) is 309 cm³/mol. The number of hydrogen-bond donors (Lipinski definition) is 16. The van der Waals surface area contributed by atoms with Crippen molar-refractivity contribution in [2.75, 3.05) is 45.8 Å². The third-order valence-electron chi connectivity index (χ3n) is 14.3. The summed E-state index contributed by atoms with van der Waals surface area (Å²) in [7, 11) is 0. The summed E-state index contributed by atoms with van der Waals surface area (Å²) in [6, 6.07) is 10.5. The number of nitrogens with one attached hydrogen (secondary N) is 11. The van der Waals surface area contributed by atoms with Crippen LogP contribution in [-0.2, 0) is 60.8 Å². The Morgan fingerprint density at radius 3 is 1.79 bits per heavy atom. The van der Waals surface area contributed by atoms with E-state index in [-0.39, 0.29) is 115 Å². The van der Waals surface area contributed by atoms with Crippen molar-refractivity contribution in [3.63, 3.8) is 0 Å². The first-order valence-corrected chi connectivity index (χ1v) is 28.0. The third kappa shape index (κ3) is 20.4. The molecule has 0 bridgehead atoms. The lowest BCUT2D eigenvalue weighted by molar-refractivity contribution is -0.149. The number of phenolic OH excluding ortho intramolecular Hbond substituents is 1. The Hall–Kier alpha value is -9.08. The summed E-state index contributed by atoms with van der Waals surface area (Å²) in [5.74, 6) is -8.57. The number of nitrogens with two attached hydrogens (primary N) is 3. The van der Waals surface area contributed by atoms with E-state index < -0.39 is 114 Å². The third-order valence-corrected chi connectivity index (χ3v) is 14.3. The van der Waals surface area contributed by atoms with Crippen LogP contribution in [0.3, 0.4) is 0 Å². The van der Waals surface area contributed by atoms with Crippen LogP contribution in [0, 0.1) is 16.7 Å². The number of amides is 9. The lowest BCUT2D eigenvalue weighted by Crippen LogP contribution is -2.59. The zero-order valence-electron chi connectivity index (χ0n) is 47.3. The summed E-state index contributed by atoms with van der Waals surface area (Å²) in [4.78, 5) is 138. The molecule has 84 heavy (non-hydrogen) atoms. The first-order chi connectivity index (χ1) is 40.0. The van der Waals surface area contributed by atoms with E-state index in [4.69, 9.17) is 28.0 Å². The van der Waals surface area contributed by atoms with E-state index in [2.05, 4.69) is 47.9 Å². The quantitative estimate of drug-likeness (QED) is 0.0181. The summed E-state index contributed by atoms with van der Waals surface area (Å²) < 4.78 is 0. The first kappa shape index (κ1) is 65.7. The van der Waals surface area contributed by atoms with Gasteiger partial charge in [-0.05, 0) is 91.3 Å². The standard InChI is InChI=1S/C56H80N16O12/c1-32(2)47(70-49(78)39(12-6-23-64-56(60)61)67-50(79)40(28-33-16-19-37(73)20-17-33)68-51(80)42-13-7-25-71(42)46(76)31-65-45(75)30-57)52(81)62-24-21-44(74)66-38(11-5-22-63-55(58)59)48(77)69-41(53(82)72-26-8-14-43(72)54(83)84)29-34-15-18-35-9-3-4-10-36(35)27-34/h3-4,9-10,15-20,27,32,38-43,47,73H,5-8,11-14,21-26,28-31,57H2,1-2H3,(H,62,81)(H,65,75)(H,66,74)(H,67,79)(H,68,80)(H,69,77)(H,70,78)(H,83,84)(H4,58,59,63)(H4,60,61,64)/t38-,39-,40+,41-,42-,43-,47+/m0/s1. The lowest BCUT2D eigenvalue weighted by atomic mass is 10.00. The van der Waals surface area contributed by atoms with Gasteiger partial charge in [-0.15, -0.1) is 0 Å². The molecule has 9 amide bonds. The van der Waals surface area contributed by atoms with E-state index >= 15 is 0 Å². The smallest absolute Gasteiger partial charge is 0.326 e. The number of aromatic hydroxyl groups is 1. The van der Waals surface area contributed by atoms with Crippen molar-refractivity contribution in [1.82, 2.24) is 57.7 Å². The van der Waals surface area contributed by atoms with Gasteiger partial charge in [0.25, 0.3) is 0 Å². The largest absolute Gasteiger partial charge is 0.508 e. The van der Waals surface area contributed by atoms with Crippen LogP contribution >= 0.6 is 0 Å². The molecule has 2 heterocycles. The molecule has 28 heteroatoms. The second-order valence-corrected chi connectivity index (χ2v) is 21.1. The molecule has 0 spiro atoms. The molecule has 5 rings (SSSR count). The number of phenols is 1. The number of carboxylic acid groups (broad SMARTS) is 1. The molecular weight excluding hydrogens is 1090 g/mol. The second kappa shape index (κ2) is 32.5. The van der Waals surface area contributed by atoms with Crippen LogP contribution in [0.15, 0.2) is 66.7 Å². The Bertz CT molecular complexity index is 2850. The van der Waals surface area contributed by atoms with Gasteiger partial charge in [0, 0.05) is 52.0 Å². The van der Waals surface area contributed by atoms with Gasteiger partial charge in [-0.25, -0.2) is 4.79 Å². The normalized spacial score (nSPS) is 16.4. The van der Waals surface area contributed by atoms with Crippen LogP contribution in [0.5, 0.6) is 5.75 Å². The highest BCUT2D eigenvalue weighted by atomic mass is 16.4. The number of fused-ring (bicyclic) bond motifs is 1. The average Bonchev–Trinajstić information content (AvgIpc) is 3.92. The van der Waals surface area contributed by atoms with Gasteiger partial charge in [0.15, 0.2) is 11.9 Å². The van der Waals surface area contributed by atoms with Crippen molar-refractivity contribution in [3.05, 3.63) is 77.9 Å². The first-order valence-electron chi connectivity index (χ1n) is 28.0. The molecule has 28 nitrogen and oxygen atoms in total. The number of hydrogen-bond acceptors (Lipinski definition) is 14. The monoisotopic (exact) mass is 1170 g/mol. The fraction of sp³-hybridized carbons (Fsp3) is 0.500. The molecule has 3 aromatic rings. The highest BCUT2D eigenvalue weighted by Gasteiger charge is 2.40. The molecule has 7 atom stereocenters. The second-order valence-electron chi connectivity index (χ2n) is 21.1. The Morgan fingerprint density at radius 1 is 0.607 bits per heavy atom. The van der Waals surface area contributed by atoms with Crippen molar-refractivity contribution in [3.8, 4) is 5.75 Å². The number of guanidine groups is 2. The zero-order chi connectivity index (χ0) is 61.5. The summed E-state index contributed by atoms with van der Waals surface area (Å²) in [6.07, 6.45) is 1.27. The van der Waals surface area contributed by atoms with Gasteiger partial charge >= 0.3 is 5.97 Å². The molecule has 0 unspecified atom stereocenters. The van der Waals surface area contributed by atoms with Gasteiger partial charge in [-0.3, -0.25) is 54.0 Å². The van der Waals surface area contributed by atoms with Gasteiger partial charge < -0.3 is 85.1 Å². The number of carboxylic acids is 1. The van der Waals surface area contributed by atoms with Crippen LogP contribution in [-0.4, -0.2) is 179 Å². The molecule has 2 fully saturated rings. The molecule has 2 aliphatic heterocycles. The molecule has 0 aliphatic carbocycles.